The Hall–Kier alpha value is -16.1. The third kappa shape index (κ3) is 13.9. The van der Waals surface area contributed by atoms with Crippen molar-refractivity contribution in [1.82, 2.24) is 44.9 Å². The smallest absolute Gasteiger partial charge is 0.165 e. The van der Waals surface area contributed by atoms with Gasteiger partial charge in [0.25, 0.3) is 0 Å². The van der Waals surface area contributed by atoms with E-state index in [9.17, 15) is 0 Å². The number of fused-ring (bicyclic) bond motifs is 19. The summed E-state index contributed by atoms with van der Waals surface area (Å²) in [6.07, 6.45) is 0. The van der Waals surface area contributed by atoms with E-state index in [1.54, 1.807) is 22.7 Å². The molecule has 0 atom stereocenters. The highest BCUT2D eigenvalue weighted by Gasteiger charge is 2.23. The van der Waals surface area contributed by atoms with Gasteiger partial charge in [-0.25, -0.2) is 44.9 Å². The molecule has 127 heavy (non-hydrogen) atoms. The molecule has 9 nitrogen and oxygen atoms in total. The van der Waals surface area contributed by atoms with Gasteiger partial charge < -0.3 is 0 Å². The molecule has 0 unspecified atom stereocenters. The van der Waals surface area contributed by atoms with Gasteiger partial charge in [-0.3, -0.25) is 0 Å². The van der Waals surface area contributed by atoms with E-state index in [0.717, 1.165) is 77.2 Å². The van der Waals surface area contributed by atoms with Crippen LogP contribution in [0.25, 0.3) is 250 Å². The van der Waals surface area contributed by atoms with Gasteiger partial charge in [0.1, 0.15) is 0 Å². The van der Waals surface area contributed by atoms with Crippen LogP contribution in [0.15, 0.2) is 419 Å². The number of rotatable bonds is 10. The molecule has 6 aromatic heterocycles. The van der Waals surface area contributed by atoms with E-state index < -0.39 is 0 Å². The van der Waals surface area contributed by atoms with Crippen LogP contribution < -0.4 is 0 Å². The number of benzene rings is 20. The van der Waals surface area contributed by atoms with E-state index in [4.69, 9.17) is 44.9 Å². The Morgan fingerprint density at radius 3 is 1.08 bits per heavy atom. The van der Waals surface area contributed by atoms with Gasteiger partial charge in [0.15, 0.2) is 52.4 Å². The van der Waals surface area contributed by atoms with Gasteiger partial charge in [-0.05, 0) is 159 Å². The van der Waals surface area contributed by atoms with Crippen LogP contribution in [-0.4, -0.2) is 44.9 Å². The number of thiophene rings is 3. The summed E-state index contributed by atoms with van der Waals surface area (Å²) in [4.78, 5) is 45.8. The first-order valence-electron chi connectivity index (χ1n) is 42.4. The van der Waals surface area contributed by atoms with Crippen molar-refractivity contribution in [2.75, 3.05) is 0 Å². The number of aromatic nitrogens is 9. The van der Waals surface area contributed by atoms with Crippen LogP contribution in [-0.2, 0) is 0 Å². The molecule has 0 aliphatic carbocycles. The van der Waals surface area contributed by atoms with Crippen LogP contribution >= 0.6 is 34.0 Å². The summed E-state index contributed by atoms with van der Waals surface area (Å²) in [5.41, 5.74) is 11.2. The first-order chi connectivity index (χ1) is 62.9. The normalized spacial score (nSPS) is 11.6. The van der Waals surface area contributed by atoms with Crippen molar-refractivity contribution >= 4 is 170 Å². The lowest BCUT2D eigenvalue weighted by Gasteiger charge is -2.13. The van der Waals surface area contributed by atoms with Gasteiger partial charge in [0, 0.05) is 111 Å². The summed E-state index contributed by atoms with van der Waals surface area (Å²) >= 11 is 5.41. The van der Waals surface area contributed by atoms with Crippen molar-refractivity contribution in [3.63, 3.8) is 0 Å². The molecule has 6 heterocycles. The van der Waals surface area contributed by atoms with Gasteiger partial charge in [-0.2, -0.15) is 0 Å². The van der Waals surface area contributed by atoms with Gasteiger partial charge in [0.2, 0.25) is 0 Å². The maximum atomic E-state index is 5.24. The van der Waals surface area contributed by atoms with E-state index >= 15 is 0 Å². The van der Waals surface area contributed by atoms with E-state index in [2.05, 4.69) is 382 Å². The van der Waals surface area contributed by atoms with Crippen LogP contribution in [0.3, 0.4) is 0 Å². The zero-order valence-corrected chi connectivity index (χ0v) is 70.5. The second kappa shape index (κ2) is 31.7. The maximum absolute atomic E-state index is 5.24. The molecule has 0 saturated heterocycles. The first kappa shape index (κ1) is 74.7. The monoisotopic (exact) mass is 1670 g/mol. The van der Waals surface area contributed by atoms with Gasteiger partial charge >= 0.3 is 0 Å². The van der Waals surface area contributed by atoms with E-state index in [0.29, 0.717) is 52.4 Å². The molecule has 0 radical (unpaired) electrons. The van der Waals surface area contributed by atoms with Crippen LogP contribution in [0.2, 0.25) is 0 Å². The Kier molecular flexibility index (Phi) is 18.6. The molecule has 20 aromatic carbocycles. The largest absolute Gasteiger partial charge is 0.208 e. The van der Waals surface area contributed by atoms with Crippen LogP contribution in [0.5, 0.6) is 0 Å². The standard InChI is InChI=1S/C41H25N3S.C39H23N3S.C35H21N3S/c1-2-9-26(10-3-1)27-17-20-29(21-18-27)39-42-40(31-23-24-33-30(25-31)22-19-28-11-4-5-12-32(28)33)44-41(43-39)36-15-8-14-35-34-13-6-7-16-37(34)45-38(35)36;1-2-11-25-22-27(21-20-24(25)10-1)37-40-38(32-17-9-19-35-36(32)31-16-7-8-18-34(31)43-35)42-39(41-37)33-23-26-12-3-4-13-28(26)29-14-5-6-15-30(29)33;1-2-9-23(10-3-1)33-36-34(25-16-18-28-24(20-25)15-14-22-8-4-5-11-27(22)28)38-35(37-33)26-17-19-32-30(21-26)29-12-6-7-13-31(29)39-32/h1-25H;1-23H;1-21H. The third-order valence-corrected chi connectivity index (χ3v) is 27.6. The van der Waals surface area contributed by atoms with Crippen molar-refractivity contribution < 1.29 is 0 Å². The van der Waals surface area contributed by atoms with Gasteiger partial charge in [0.05, 0.1) is 0 Å². The predicted octanol–water partition coefficient (Wildman–Crippen LogP) is 31.5. The topological polar surface area (TPSA) is 116 Å². The van der Waals surface area contributed by atoms with Gasteiger partial charge in [-0.1, -0.05) is 346 Å². The lowest BCUT2D eigenvalue weighted by atomic mass is 9.96. The van der Waals surface area contributed by atoms with Crippen molar-refractivity contribution in [2.45, 2.75) is 0 Å². The van der Waals surface area contributed by atoms with E-state index in [1.165, 1.54) is 120 Å². The molecule has 0 aliphatic heterocycles. The van der Waals surface area contributed by atoms with Crippen LogP contribution in [0.4, 0.5) is 0 Å². The minimum absolute atomic E-state index is 0.659. The van der Waals surface area contributed by atoms with Crippen molar-refractivity contribution in [1.29, 1.82) is 0 Å². The van der Waals surface area contributed by atoms with E-state index in [-0.39, 0.29) is 0 Å². The summed E-state index contributed by atoms with van der Waals surface area (Å²) in [6.45, 7) is 0. The summed E-state index contributed by atoms with van der Waals surface area (Å²) in [7, 11) is 0. The third-order valence-electron chi connectivity index (χ3n) is 24.1. The number of nitrogens with zero attached hydrogens (tertiary/aromatic N) is 9. The maximum Gasteiger partial charge on any atom is 0.165 e. The molecule has 592 valence electrons. The molecule has 0 bridgehead atoms. The van der Waals surface area contributed by atoms with Crippen LogP contribution in [0.1, 0.15) is 0 Å². The molecule has 0 fully saturated rings. The molecule has 12 heteroatoms. The molecular formula is C115H69N9S3. The fourth-order valence-electron chi connectivity index (χ4n) is 17.9. The van der Waals surface area contributed by atoms with E-state index in [1.807, 2.05) is 47.7 Å². The second-order valence-corrected chi connectivity index (χ2v) is 35.0. The highest BCUT2D eigenvalue weighted by Crippen LogP contribution is 2.45. The highest BCUT2D eigenvalue weighted by atomic mass is 32.1. The Labute approximate surface area is 741 Å². The quantitative estimate of drug-likeness (QED) is 0.123. The van der Waals surface area contributed by atoms with Crippen molar-refractivity contribution in [2.24, 2.45) is 0 Å². The fraction of sp³-hybridized carbons (Fsp3) is 0. The average Bonchev–Trinajstić information content (AvgIpc) is 1.74. The highest BCUT2D eigenvalue weighted by molar-refractivity contribution is 7.27. The molecule has 0 aliphatic rings. The molecule has 0 spiro atoms. The molecule has 0 N–H and O–H groups in total. The van der Waals surface area contributed by atoms with Crippen molar-refractivity contribution in [3.05, 3.63) is 419 Å². The molecule has 0 saturated carbocycles. The Morgan fingerprint density at radius 1 is 0.134 bits per heavy atom. The minimum Gasteiger partial charge on any atom is -0.208 e. The lowest BCUT2D eigenvalue weighted by Crippen LogP contribution is -2.01. The SMILES string of the molecule is c1ccc(-c2ccc(-c3nc(-c4ccc5c(ccc6ccccc65)c4)nc(-c4cccc5c4sc4ccccc45)n3)cc2)cc1.c1ccc(-c2nc(-c3ccc4c(ccc5ccccc54)c3)nc(-c3ccc4sc5ccccc5c4c3)n2)cc1.c1ccc2cc(-c3nc(-c4cc5ccccc5c5ccccc45)nc(-c4cccc5sc6ccccc6c45)n3)ccc2c1. The Morgan fingerprint density at radius 2 is 0.457 bits per heavy atom. The molecule has 26 rings (SSSR count). The second-order valence-electron chi connectivity index (χ2n) is 31.8. The van der Waals surface area contributed by atoms with Crippen LogP contribution in [0, 0.1) is 0 Å². The zero-order valence-electron chi connectivity index (χ0n) is 68.1. The number of hydrogen-bond donors (Lipinski definition) is 0. The average molecular weight is 1670 g/mol. The van der Waals surface area contributed by atoms with Crippen molar-refractivity contribution in [3.8, 4) is 114 Å². The Balaban J connectivity index is 0.000000107. The lowest BCUT2D eigenvalue weighted by molar-refractivity contribution is 1.08. The Bertz CT molecular complexity index is 8870. The predicted molar refractivity (Wildman–Crippen MR) is 535 cm³/mol. The summed E-state index contributed by atoms with van der Waals surface area (Å²) in [5.74, 6) is 6.04. The molecular weight excluding hydrogens is 1600 g/mol. The fourth-order valence-corrected chi connectivity index (χ4v) is 21.3. The molecule has 26 aromatic rings. The first-order valence-corrected chi connectivity index (χ1v) is 44.8. The molecule has 0 amide bonds. The summed E-state index contributed by atoms with van der Waals surface area (Å²) < 4.78 is 7.48. The zero-order chi connectivity index (χ0) is 83.8. The summed E-state index contributed by atoms with van der Waals surface area (Å²) in [5, 5.41) is 24.2. The number of hydrogen-bond acceptors (Lipinski definition) is 12. The van der Waals surface area contributed by atoms with Gasteiger partial charge in [-0.15, -0.1) is 34.0 Å². The summed E-state index contributed by atoms with van der Waals surface area (Å²) in [6, 6.07) is 147. The minimum atomic E-state index is 0.659.